The largest absolute Gasteiger partial charge is 0.396 e. The predicted octanol–water partition coefficient (Wildman–Crippen LogP) is 1.42. The summed E-state index contributed by atoms with van der Waals surface area (Å²) in [5.41, 5.74) is 1.17. The van der Waals surface area contributed by atoms with Crippen LogP contribution in [0.4, 0.5) is 0 Å². The monoisotopic (exact) mass is 329 g/mol. The molecule has 0 unspecified atom stereocenters. The van der Waals surface area contributed by atoms with Crippen LogP contribution >= 0.6 is 11.3 Å². The standard InChI is InChI=1S/C13H19N3O3S2/c1-10-6-12(20-11(10)2)7-15-21(18,19)13-8-14-16(9-13)4-3-5-17/h6,8-9,15,17H,3-5,7H2,1-2H3. The summed E-state index contributed by atoms with van der Waals surface area (Å²) in [4.78, 5) is 2.33. The van der Waals surface area contributed by atoms with Gasteiger partial charge >= 0.3 is 0 Å². The van der Waals surface area contributed by atoms with Crippen molar-refractivity contribution in [1.29, 1.82) is 0 Å². The van der Waals surface area contributed by atoms with E-state index in [0.29, 0.717) is 13.0 Å². The fourth-order valence-corrected chi connectivity index (χ4v) is 3.87. The zero-order chi connectivity index (χ0) is 15.5. The van der Waals surface area contributed by atoms with Gasteiger partial charge in [-0.15, -0.1) is 11.3 Å². The molecule has 2 rings (SSSR count). The van der Waals surface area contributed by atoms with Crippen molar-refractivity contribution in [2.75, 3.05) is 6.61 Å². The van der Waals surface area contributed by atoms with Crippen LogP contribution in [-0.2, 0) is 23.1 Å². The van der Waals surface area contributed by atoms with Crippen molar-refractivity contribution in [3.63, 3.8) is 0 Å². The van der Waals surface area contributed by atoms with E-state index >= 15 is 0 Å². The summed E-state index contributed by atoms with van der Waals surface area (Å²) in [5, 5.41) is 12.7. The number of nitrogens with zero attached hydrogens (tertiary/aromatic N) is 2. The van der Waals surface area contributed by atoms with Gasteiger partial charge < -0.3 is 5.11 Å². The molecule has 0 aliphatic carbocycles. The summed E-state index contributed by atoms with van der Waals surface area (Å²) in [6, 6.07) is 1.99. The molecule has 0 radical (unpaired) electrons. The zero-order valence-electron chi connectivity index (χ0n) is 12.0. The first kappa shape index (κ1) is 16.2. The van der Waals surface area contributed by atoms with Gasteiger partial charge in [0.25, 0.3) is 0 Å². The number of aliphatic hydroxyl groups is 1. The molecule has 116 valence electrons. The minimum absolute atomic E-state index is 0.0529. The van der Waals surface area contributed by atoms with Crippen LogP contribution in [0, 0.1) is 13.8 Å². The van der Waals surface area contributed by atoms with Gasteiger partial charge in [-0.2, -0.15) is 5.10 Å². The Kier molecular flexibility index (Phi) is 5.15. The predicted molar refractivity (Wildman–Crippen MR) is 81.7 cm³/mol. The van der Waals surface area contributed by atoms with E-state index in [1.165, 1.54) is 27.5 Å². The number of rotatable bonds is 7. The molecule has 0 aliphatic heterocycles. The Balaban J connectivity index is 2.02. The van der Waals surface area contributed by atoms with Crippen LogP contribution in [0.5, 0.6) is 0 Å². The highest BCUT2D eigenvalue weighted by molar-refractivity contribution is 7.89. The smallest absolute Gasteiger partial charge is 0.244 e. The SMILES string of the molecule is Cc1cc(CNS(=O)(=O)c2cnn(CCCO)c2)sc1C. The fraction of sp³-hybridized carbons (Fsp3) is 0.462. The summed E-state index contributed by atoms with van der Waals surface area (Å²) in [7, 11) is -3.56. The van der Waals surface area contributed by atoms with Gasteiger partial charge in [0.2, 0.25) is 10.0 Å². The molecule has 6 nitrogen and oxygen atoms in total. The second kappa shape index (κ2) is 6.69. The van der Waals surface area contributed by atoms with E-state index in [0.717, 1.165) is 4.88 Å². The lowest BCUT2D eigenvalue weighted by atomic mass is 10.3. The van der Waals surface area contributed by atoms with Crippen LogP contribution < -0.4 is 4.72 Å². The van der Waals surface area contributed by atoms with E-state index < -0.39 is 10.0 Å². The molecule has 2 N–H and O–H groups in total. The van der Waals surface area contributed by atoms with Crippen molar-refractivity contribution in [1.82, 2.24) is 14.5 Å². The van der Waals surface area contributed by atoms with Crippen LogP contribution in [-0.4, -0.2) is 29.9 Å². The first-order chi connectivity index (χ1) is 9.92. The van der Waals surface area contributed by atoms with Crippen LogP contribution in [0.1, 0.15) is 21.7 Å². The van der Waals surface area contributed by atoms with Gasteiger partial charge in [-0.25, -0.2) is 13.1 Å². The van der Waals surface area contributed by atoms with E-state index in [9.17, 15) is 8.42 Å². The second-order valence-electron chi connectivity index (χ2n) is 4.79. The number of sulfonamides is 1. The Morgan fingerprint density at radius 3 is 2.81 bits per heavy atom. The lowest BCUT2D eigenvalue weighted by Gasteiger charge is -2.02. The molecule has 21 heavy (non-hydrogen) atoms. The molecule has 2 heterocycles. The topological polar surface area (TPSA) is 84.2 Å². The van der Waals surface area contributed by atoms with Gasteiger partial charge in [-0.3, -0.25) is 4.68 Å². The lowest BCUT2D eigenvalue weighted by Crippen LogP contribution is -2.22. The molecule has 0 saturated heterocycles. The third kappa shape index (κ3) is 4.13. The molecule has 0 spiro atoms. The summed E-state index contributed by atoms with van der Waals surface area (Å²) in [5.74, 6) is 0. The van der Waals surface area contributed by atoms with Crippen LogP contribution in [0.2, 0.25) is 0 Å². The van der Waals surface area contributed by atoms with Crippen molar-refractivity contribution >= 4 is 21.4 Å². The molecule has 0 amide bonds. The Labute approximate surface area is 128 Å². The molecular weight excluding hydrogens is 310 g/mol. The van der Waals surface area contributed by atoms with E-state index in [1.54, 1.807) is 11.3 Å². The number of aryl methyl sites for hydroxylation is 3. The molecule has 2 aromatic rings. The summed E-state index contributed by atoms with van der Waals surface area (Å²) >= 11 is 1.59. The lowest BCUT2D eigenvalue weighted by molar-refractivity contribution is 0.277. The van der Waals surface area contributed by atoms with Crippen LogP contribution in [0.25, 0.3) is 0 Å². The average Bonchev–Trinajstić information content (AvgIpc) is 3.03. The number of aromatic nitrogens is 2. The average molecular weight is 329 g/mol. The molecule has 0 saturated carbocycles. The van der Waals surface area contributed by atoms with Gasteiger partial charge in [0.05, 0.1) is 6.20 Å². The zero-order valence-corrected chi connectivity index (χ0v) is 13.7. The fourth-order valence-electron chi connectivity index (χ4n) is 1.82. The third-order valence-corrected chi connectivity index (χ3v) is 5.63. The highest BCUT2D eigenvalue weighted by Crippen LogP contribution is 2.21. The van der Waals surface area contributed by atoms with Crippen molar-refractivity contribution in [2.24, 2.45) is 0 Å². The summed E-state index contributed by atoms with van der Waals surface area (Å²) < 4.78 is 28.4. The van der Waals surface area contributed by atoms with Gasteiger partial charge in [-0.1, -0.05) is 0 Å². The number of thiophene rings is 1. The number of nitrogens with one attached hydrogen (secondary N) is 1. The van der Waals surface area contributed by atoms with Crippen molar-refractivity contribution in [2.45, 2.75) is 38.3 Å². The quantitative estimate of drug-likeness (QED) is 0.805. The van der Waals surface area contributed by atoms with Crippen molar-refractivity contribution in [3.8, 4) is 0 Å². The van der Waals surface area contributed by atoms with Crippen LogP contribution in [0.15, 0.2) is 23.4 Å². The Bertz CT molecular complexity index is 685. The van der Waals surface area contributed by atoms with Gasteiger partial charge in [0.1, 0.15) is 4.90 Å². The minimum atomic E-state index is -3.56. The maximum absolute atomic E-state index is 12.2. The van der Waals surface area contributed by atoms with Crippen molar-refractivity contribution in [3.05, 3.63) is 33.8 Å². The Morgan fingerprint density at radius 1 is 1.43 bits per heavy atom. The number of hydrogen-bond acceptors (Lipinski definition) is 5. The first-order valence-electron chi connectivity index (χ1n) is 6.61. The first-order valence-corrected chi connectivity index (χ1v) is 8.91. The Morgan fingerprint density at radius 2 is 2.19 bits per heavy atom. The summed E-state index contributed by atoms with van der Waals surface area (Å²) in [6.45, 7) is 4.86. The van der Waals surface area contributed by atoms with Gasteiger partial charge in [0, 0.05) is 35.6 Å². The van der Waals surface area contributed by atoms with Gasteiger partial charge in [-0.05, 0) is 31.9 Å². The van der Waals surface area contributed by atoms with E-state index in [-0.39, 0.29) is 18.0 Å². The minimum Gasteiger partial charge on any atom is -0.396 e. The number of hydrogen-bond donors (Lipinski definition) is 2. The van der Waals surface area contributed by atoms with Gasteiger partial charge in [0.15, 0.2) is 0 Å². The highest BCUT2D eigenvalue weighted by Gasteiger charge is 2.16. The highest BCUT2D eigenvalue weighted by atomic mass is 32.2. The molecule has 0 aliphatic rings. The third-order valence-electron chi connectivity index (χ3n) is 3.12. The van der Waals surface area contributed by atoms with E-state index in [4.69, 9.17) is 5.11 Å². The molecule has 0 bridgehead atoms. The van der Waals surface area contributed by atoms with E-state index in [2.05, 4.69) is 9.82 Å². The molecule has 0 fully saturated rings. The molecule has 0 atom stereocenters. The molecular formula is C13H19N3O3S2. The molecule has 0 aromatic carbocycles. The Hall–Kier alpha value is -1.22. The molecule has 8 heteroatoms. The summed E-state index contributed by atoms with van der Waals surface area (Å²) in [6.07, 6.45) is 3.34. The normalized spacial score (nSPS) is 12.0. The van der Waals surface area contributed by atoms with Crippen molar-refractivity contribution < 1.29 is 13.5 Å². The molecule has 2 aromatic heterocycles. The maximum atomic E-state index is 12.2. The van der Waals surface area contributed by atoms with E-state index in [1.807, 2.05) is 19.9 Å². The second-order valence-corrected chi connectivity index (χ2v) is 7.90. The number of aliphatic hydroxyl groups excluding tert-OH is 1. The van der Waals surface area contributed by atoms with Crippen LogP contribution in [0.3, 0.4) is 0 Å². The maximum Gasteiger partial charge on any atom is 0.244 e.